The van der Waals surface area contributed by atoms with E-state index in [1.807, 2.05) is 11.3 Å². The van der Waals surface area contributed by atoms with Crippen molar-refractivity contribution >= 4 is 85.6 Å². The molecule has 0 aliphatic carbocycles. The Labute approximate surface area is 267 Å². The van der Waals surface area contributed by atoms with Crippen LogP contribution in [-0.2, 0) is 0 Å². The van der Waals surface area contributed by atoms with E-state index in [0.29, 0.717) is 0 Å². The topological polar surface area (TPSA) is 17.8 Å². The Morgan fingerprint density at radius 1 is 0.467 bits per heavy atom. The molecule has 7 aromatic carbocycles. The third-order valence-corrected chi connectivity index (χ3v) is 11.4. The average molecular weight is 609 g/mol. The summed E-state index contributed by atoms with van der Waals surface area (Å²) in [6.07, 6.45) is 0. The van der Waals surface area contributed by atoms with Crippen LogP contribution in [0.5, 0.6) is 0 Å². The molecule has 3 heterocycles. The molecule has 10 aromatic rings. The lowest BCUT2D eigenvalue weighted by Crippen LogP contribution is -1.93. The maximum Gasteiger partial charge on any atom is 0.124 e. The molecule has 0 bridgehead atoms. The summed E-state index contributed by atoms with van der Waals surface area (Å²) in [6.45, 7) is 0. The highest BCUT2D eigenvalue weighted by atomic mass is 32.1. The predicted molar refractivity (Wildman–Crippen MR) is 195 cm³/mol. The lowest BCUT2D eigenvalue weighted by Gasteiger charge is -2.09. The molecule has 0 N–H and O–H groups in total. The molecule has 0 amide bonds. The molecule has 0 spiro atoms. The van der Waals surface area contributed by atoms with Crippen molar-refractivity contribution in [3.63, 3.8) is 0 Å². The van der Waals surface area contributed by atoms with Crippen molar-refractivity contribution in [1.29, 1.82) is 0 Å². The van der Waals surface area contributed by atoms with E-state index in [1.54, 1.807) is 11.3 Å². The molecule has 210 valence electrons. The van der Waals surface area contributed by atoms with Crippen molar-refractivity contribution in [3.8, 4) is 27.4 Å². The Balaban J connectivity index is 1.12. The lowest BCUT2D eigenvalue weighted by atomic mass is 10.0. The van der Waals surface area contributed by atoms with Crippen LogP contribution in [0, 0.1) is 0 Å². The van der Waals surface area contributed by atoms with Gasteiger partial charge in [-0.2, -0.15) is 0 Å². The largest absolute Gasteiger partial charge is 0.309 e. The van der Waals surface area contributed by atoms with Gasteiger partial charge < -0.3 is 4.57 Å². The Hall–Kier alpha value is -5.29. The summed E-state index contributed by atoms with van der Waals surface area (Å²) in [5, 5.41) is 8.83. The van der Waals surface area contributed by atoms with Gasteiger partial charge in [-0.15, -0.1) is 22.7 Å². The minimum absolute atomic E-state index is 1.05. The zero-order valence-corrected chi connectivity index (χ0v) is 25.7. The number of hydrogen-bond donors (Lipinski definition) is 0. The van der Waals surface area contributed by atoms with Crippen molar-refractivity contribution in [3.05, 3.63) is 146 Å². The van der Waals surface area contributed by atoms with Crippen LogP contribution in [0.25, 0.3) is 90.4 Å². The second kappa shape index (κ2) is 9.60. The smallest absolute Gasteiger partial charge is 0.124 e. The average Bonchev–Trinajstić information content (AvgIpc) is 3.80. The van der Waals surface area contributed by atoms with Gasteiger partial charge in [0, 0.05) is 42.2 Å². The maximum absolute atomic E-state index is 5.14. The number of aromatic nitrogens is 2. The highest BCUT2D eigenvalue weighted by Crippen LogP contribution is 2.45. The van der Waals surface area contributed by atoms with E-state index in [2.05, 4.69) is 150 Å². The number of para-hydroxylation sites is 1. The first-order valence-corrected chi connectivity index (χ1v) is 16.8. The van der Waals surface area contributed by atoms with Crippen LogP contribution in [0.4, 0.5) is 0 Å². The van der Waals surface area contributed by atoms with Crippen LogP contribution in [0.2, 0.25) is 0 Å². The van der Waals surface area contributed by atoms with Crippen molar-refractivity contribution in [2.24, 2.45) is 0 Å². The highest BCUT2D eigenvalue weighted by Gasteiger charge is 2.17. The first kappa shape index (κ1) is 25.1. The van der Waals surface area contributed by atoms with Crippen molar-refractivity contribution in [2.75, 3.05) is 0 Å². The van der Waals surface area contributed by atoms with Crippen LogP contribution in [0.1, 0.15) is 0 Å². The molecule has 0 radical (unpaired) electrons. The van der Waals surface area contributed by atoms with Crippen LogP contribution in [0.15, 0.2) is 146 Å². The molecule has 0 fully saturated rings. The first-order valence-electron chi connectivity index (χ1n) is 15.1. The third-order valence-electron chi connectivity index (χ3n) is 9.04. The molecule has 0 unspecified atom stereocenters. The number of thiophene rings is 1. The number of thiazole rings is 1. The summed E-state index contributed by atoms with van der Waals surface area (Å²) in [4.78, 5) is 5.14. The van der Waals surface area contributed by atoms with Gasteiger partial charge in [0.05, 0.1) is 21.3 Å². The van der Waals surface area contributed by atoms with Gasteiger partial charge in [-0.3, -0.25) is 0 Å². The number of nitrogens with zero attached hydrogens (tertiary/aromatic N) is 2. The summed E-state index contributed by atoms with van der Waals surface area (Å²) in [5.74, 6) is 0. The molecule has 0 aliphatic rings. The van der Waals surface area contributed by atoms with Crippen LogP contribution < -0.4 is 0 Å². The number of rotatable bonds is 3. The van der Waals surface area contributed by atoms with Crippen molar-refractivity contribution in [1.82, 2.24) is 9.55 Å². The van der Waals surface area contributed by atoms with Crippen LogP contribution in [0.3, 0.4) is 0 Å². The zero-order chi connectivity index (χ0) is 29.5. The second-order valence-electron chi connectivity index (χ2n) is 11.5. The molecule has 0 saturated carbocycles. The molecule has 0 atom stereocenters. The van der Waals surface area contributed by atoms with Crippen molar-refractivity contribution in [2.45, 2.75) is 0 Å². The zero-order valence-electron chi connectivity index (χ0n) is 24.1. The molecule has 2 nitrogen and oxygen atoms in total. The number of benzene rings is 7. The monoisotopic (exact) mass is 608 g/mol. The van der Waals surface area contributed by atoms with Gasteiger partial charge in [0.1, 0.15) is 5.01 Å². The van der Waals surface area contributed by atoms with E-state index in [0.717, 1.165) is 21.8 Å². The van der Waals surface area contributed by atoms with E-state index < -0.39 is 0 Å². The van der Waals surface area contributed by atoms with Crippen LogP contribution in [-0.4, -0.2) is 9.55 Å². The fraction of sp³-hybridized carbons (Fsp3) is 0. The second-order valence-corrected chi connectivity index (χ2v) is 13.6. The minimum atomic E-state index is 1.05. The normalized spacial score (nSPS) is 12.0. The van der Waals surface area contributed by atoms with Gasteiger partial charge in [-0.25, -0.2) is 4.98 Å². The van der Waals surface area contributed by atoms with Crippen molar-refractivity contribution < 1.29 is 0 Å². The first-order chi connectivity index (χ1) is 22.3. The van der Waals surface area contributed by atoms with E-state index in [-0.39, 0.29) is 0 Å². The summed E-state index contributed by atoms with van der Waals surface area (Å²) >= 11 is 3.68. The molecule has 10 rings (SSSR count). The van der Waals surface area contributed by atoms with E-state index in [1.165, 1.54) is 68.6 Å². The SMILES string of the molecule is c1ccc(-c2cccc3c2sc2ccc4nc(-c5ccc(-n6c7ccccc7c7c8ccccc8ccc76)cc5)sc4c23)cc1. The predicted octanol–water partition coefficient (Wildman–Crippen LogP) is 12.2. The molecular formula is C41H24N2S2. The highest BCUT2D eigenvalue weighted by molar-refractivity contribution is 7.28. The quantitative estimate of drug-likeness (QED) is 0.195. The lowest BCUT2D eigenvalue weighted by molar-refractivity contribution is 1.18. The summed E-state index contributed by atoms with van der Waals surface area (Å²) in [7, 11) is 0. The van der Waals surface area contributed by atoms with E-state index in [9.17, 15) is 0 Å². The number of hydrogen-bond acceptors (Lipinski definition) is 3. The van der Waals surface area contributed by atoms with Crippen LogP contribution >= 0.6 is 22.7 Å². The molecule has 3 aromatic heterocycles. The fourth-order valence-electron chi connectivity index (χ4n) is 7.01. The Morgan fingerprint density at radius 3 is 2.13 bits per heavy atom. The van der Waals surface area contributed by atoms with E-state index >= 15 is 0 Å². The van der Waals surface area contributed by atoms with Gasteiger partial charge in [0.15, 0.2) is 0 Å². The summed E-state index contributed by atoms with van der Waals surface area (Å²) < 4.78 is 6.30. The Bertz CT molecular complexity index is 2750. The Morgan fingerprint density at radius 2 is 1.24 bits per heavy atom. The standard InChI is InChI=1S/C41H24N2S2/c1-2-9-25(10-3-1)30-14-8-15-32-38-36(44-39(30)32)24-22-33-40(38)45-41(42-33)27-17-20-28(21-18-27)43-34-16-7-6-13-31(34)37-29-12-5-4-11-26(29)19-23-35(37)43/h1-24H. The number of fused-ring (bicyclic) bond motifs is 10. The maximum atomic E-state index is 5.14. The van der Waals surface area contributed by atoms with Gasteiger partial charge in [0.25, 0.3) is 0 Å². The molecule has 0 saturated heterocycles. The van der Waals surface area contributed by atoms with Gasteiger partial charge in [-0.1, -0.05) is 97.1 Å². The Kier molecular flexibility index (Phi) is 5.35. The molecule has 4 heteroatoms. The summed E-state index contributed by atoms with van der Waals surface area (Å²) in [5.41, 5.74) is 8.35. The van der Waals surface area contributed by atoms with Gasteiger partial charge in [-0.05, 0) is 70.4 Å². The molecular weight excluding hydrogens is 585 g/mol. The van der Waals surface area contributed by atoms with Gasteiger partial charge in [0.2, 0.25) is 0 Å². The molecule has 45 heavy (non-hydrogen) atoms. The minimum Gasteiger partial charge on any atom is -0.309 e. The fourth-order valence-corrected chi connectivity index (χ4v) is 9.45. The van der Waals surface area contributed by atoms with E-state index in [4.69, 9.17) is 4.98 Å². The molecule has 0 aliphatic heterocycles. The summed E-state index contributed by atoms with van der Waals surface area (Å²) in [6, 6.07) is 52.7. The third kappa shape index (κ3) is 3.70. The van der Waals surface area contributed by atoms with Gasteiger partial charge >= 0.3 is 0 Å².